The summed E-state index contributed by atoms with van der Waals surface area (Å²) in [6, 6.07) is 22.0. The molecular formula is C32H29F2N3O3S. The first-order valence-electron chi connectivity index (χ1n) is 13.6. The SMILES string of the molecule is Cc1cccc(CN(C(=O)[C@@H]2C[C@H]2c2ccc(F)cc2)c2ccc3c(c2)[C@H](NS(=O)(=O)c2ccc(F)cc2)CC3)n1. The number of fused-ring (bicyclic) bond motifs is 1. The summed E-state index contributed by atoms with van der Waals surface area (Å²) in [6.07, 6.45) is 1.93. The molecular weight excluding hydrogens is 544 g/mol. The lowest BCUT2D eigenvalue weighted by molar-refractivity contribution is -0.120. The van der Waals surface area contributed by atoms with Gasteiger partial charge >= 0.3 is 0 Å². The summed E-state index contributed by atoms with van der Waals surface area (Å²) in [5, 5.41) is 0. The number of nitrogens with zero attached hydrogens (tertiary/aromatic N) is 2. The topological polar surface area (TPSA) is 79.4 Å². The van der Waals surface area contributed by atoms with Crippen molar-refractivity contribution in [1.82, 2.24) is 9.71 Å². The van der Waals surface area contributed by atoms with Crippen LogP contribution < -0.4 is 9.62 Å². The molecule has 1 amide bonds. The van der Waals surface area contributed by atoms with Crippen molar-refractivity contribution in [2.45, 2.75) is 49.6 Å². The molecule has 210 valence electrons. The summed E-state index contributed by atoms with van der Waals surface area (Å²) in [5.74, 6) is -1.10. The molecule has 6 rings (SSSR count). The Morgan fingerprint density at radius 1 is 0.976 bits per heavy atom. The van der Waals surface area contributed by atoms with Gasteiger partial charge < -0.3 is 4.90 Å². The van der Waals surface area contributed by atoms with E-state index in [1.54, 1.807) is 17.0 Å². The van der Waals surface area contributed by atoms with Gasteiger partial charge in [-0.05, 0) is 109 Å². The number of aryl methyl sites for hydroxylation is 2. The fraction of sp³-hybridized carbons (Fsp3) is 0.250. The van der Waals surface area contributed by atoms with Gasteiger partial charge in [-0.25, -0.2) is 21.9 Å². The Hall–Kier alpha value is -3.95. The fourth-order valence-corrected chi connectivity index (χ4v) is 6.89. The number of carbonyl (C=O) groups excluding carboxylic acids is 1. The first-order chi connectivity index (χ1) is 19.7. The third-order valence-electron chi connectivity index (χ3n) is 7.88. The van der Waals surface area contributed by atoms with Crippen LogP contribution in [0.3, 0.4) is 0 Å². The molecule has 4 aromatic rings. The van der Waals surface area contributed by atoms with Crippen LogP contribution >= 0.6 is 0 Å². The zero-order valence-corrected chi connectivity index (χ0v) is 23.2. The van der Waals surface area contributed by atoms with Gasteiger partial charge in [-0.15, -0.1) is 0 Å². The molecule has 1 aromatic heterocycles. The standard InChI is InChI=1S/C32H29F2N3O3S/c1-20-3-2-4-25(35-20)19-37(32(38)30-18-28(30)21-5-9-23(33)10-6-21)26-13-7-22-8-16-31(29(22)17-26)36-41(39,40)27-14-11-24(34)12-15-27/h2-7,9-15,17,28,30-31,36H,8,16,18-19H2,1H3/t28-,30+,31+/m0/s1. The van der Waals surface area contributed by atoms with Crippen molar-refractivity contribution < 1.29 is 22.0 Å². The van der Waals surface area contributed by atoms with Crippen molar-refractivity contribution in [3.8, 4) is 0 Å². The maximum Gasteiger partial charge on any atom is 0.241 e. The summed E-state index contributed by atoms with van der Waals surface area (Å²) in [4.78, 5) is 20.3. The molecule has 1 saturated carbocycles. The molecule has 0 spiro atoms. The van der Waals surface area contributed by atoms with Gasteiger partial charge in [0, 0.05) is 23.3 Å². The molecule has 2 aliphatic rings. The van der Waals surface area contributed by atoms with E-state index in [2.05, 4.69) is 9.71 Å². The van der Waals surface area contributed by atoms with Gasteiger partial charge in [-0.3, -0.25) is 9.78 Å². The van der Waals surface area contributed by atoms with E-state index in [0.29, 0.717) is 24.9 Å². The Bertz CT molecular complexity index is 1710. The van der Waals surface area contributed by atoms with Crippen molar-refractivity contribution in [3.63, 3.8) is 0 Å². The van der Waals surface area contributed by atoms with Crippen molar-refractivity contribution in [3.05, 3.63) is 125 Å². The number of hydrogen-bond acceptors (Lipinski definition) is 4. The van der Waals surface area contributed by atoms with Crippen LogP contribution in [-0.2, 0) is 27.8 Å². The van der Waals surface area contributed by atoms with Crippen LogP contribution in [0.2, 0.25) is 0 Å². The lowest BCUT2D eigenvalue weighted by Crippen LogP contribution is -2.33. The summed E-state index contributed by atoms with van der Waals surface area (Å²) >= 11 is 0. The molecule has 0 radical (unpaired) electrons. The molecule has 0 aliphatic heterocycles. The molecule has 1 heterocycles. The third kappa shape index (κ3) is 5.78. The third-order valence-corrected chi connectivity index (χ3v) is 9.37. The predicted molar refractivity (Wildman–Crippen MR) is 152 cm³/mol. The number of benzene rings is 3. The number of sulfonamides is 1. The number of halogens is 2. The van der Waals surface area contributed by atoms with Crippen molar-refractivity contribution >= 4 is 21.6 Å². The maximum atomic E-state index is 14.0. The van der Waals surface area contributed by atoms with E-state index in [-0.39, 0.29) is 35.0 Å². The zero-order valence-electron chi connectivity index (χ0n) is 22.4. The van der Waals surface area contributed by atoms with Crippen LogP contribution in [0.1, 0.15) is 52.9 Å². The molecule has 2 aliphatic carbocycles. The molecule has 1 fully saturated rings. The normalized spacial score (nSPS) is 19.5. The molecule has 0 bridgehead atoms. The molecule has 0 saturated heterocycles. The minimum absolute atomic E-state index is 0.00796. The minimum atomic E-state index is -3.88. The number of anilines is 1. The van der Waals surface area contributed by atoms with E-state index in [4.69, 9.17) is 0 Å². The Morgan fingerprint density at radius 2 is 1.68 bits per heavy atom. The summed E-state index contributed by atoms with van der Waals surface area (Å²) < 4.78 is 55.7. The van der Waals surface area contributed by atoms with Gasteiger partial charge in [0.2, 0.25) is 15.9 Å². The molecule has 3 atom stereocenters. The lowest BCUT2D eigenvalue weighted by atomic mass is 10.1. The minimum Gasteiger partial charge on any atom is -0.306 e. The van der Waals surface area contributed by atoms with Crippen LogP contribution in [-0.4, -0.2) is 19.3 Å². The highest BCUT2D eigenvalue weighted by Gasteiger charge is 2.46. The van der Waals surface area contributed by atoms with E-state index in [1.807, 2.05) is 43.3 Å². The highest BCUT2D eigenvalue weighted by atomic mass is 32.2. The van der Waals surface area contributed by atoms with E-state index < -0.39 is 21.9 Å². The highest BCUT2D eigenvalue weighted by molar-refractivity contribution is 7.89. The first-order valence-corrected chi connectivity index (χ1v) is 15.1. The number of carbonyl (C=O) groups is 1. The van der Waals surface area contributed by atoms with Crippen LogP contribution in [0.5, 0.6) is 0 Å². The van der Waals surface area contributed by atoms with E-state index in [0.717, 1.165) is 40.2 Å². The van der Waals surface area contributed by atoms with E-state index in [1.165, 1.54) is 24.3 Å². The number of hydrogen-bond donors (Lipinski definition) is 1. The molecule has 0 unspecified atom stereocenters. The quantitative estimate of drug-likeness (QED) is 0.282. The van der Waals surface area contributed by atoms with E-state index in [9.17, 15) is 22.0 Å². The second-order valence-electron chi connectivity index (χ2n) is 10.7. The van der Waals surface area contributed by atoms with E-state index >= 15 is 0 Å². The average Bonchev–Trinajstić information content (AvgIpc) is 3.66. The average molecular weight is 574 g/mol. The Labute approximate surface area is 238 Å². The first kappa shape index (κ1) is 27.2. The van der Waals surface area contributed by atoms with Gasteiger partial charge in [-0.1, -0.05) is 24.3 Å². The summed E-state index contributed by atoms with van der Waals surface area (Å²) in [5.41, 5.74) is 5.00. The zero-order chi connectivity index (χ0) is 28.7. The van der Waals surface area contributed by atoms with Gasteiger partial charge in [-0.2, -0.15) is 0 Å². The molecule has 41 heavy (non-hydrogen) atoms. The molecule has 1 N–H and O–H groups in total. The molecule has 3 aromatic carbocycles. The van der Waals surface area contributed by atoms with Crippen molar-refractivity contribution in [2.75, 3.05) is 4.90 Å². The predicted octanol–water partition coefficient (Wildman–Crippen LogP) is 5.97. The second kappa shape index (κ2) is 10.8. The van der Waals surface area contributed by atoms with Crippen LogP contribution in [0.25, 0.3) is 0 Å². The number of pyridine rings is 1. The molecule has 9 heteroatoms. The maximum absolute atomic E-state index is 14.0. The van der Waals surface area contributed by atoms with Crippen LogP contribution in [0.15, 0.2) is 89.8 Å². The number of amides is 1. The number of aromatic nitrogens is 1. The van der Waals surface area contributed by atoms with Gasteiger partial charge in [0.1, 0.15) is 11.6 Å². The lowest BCUT2D eigenvalue weighted by Gasteiger charge is -2.25. The fourth-order valence-electron chi connectivity index (χ4n) is 5.64. The van der Waals surface area contributed by atoms with Crippen molar-refractivity contribution in [1.29, 1.82) is 0 Å². The monoisotopic (exact) mass is 573 g/mol. The highest BCUT2D eigenvalue weighted by Crippen LogP contribution is 2.49. The summed E-state index contributed by atoms with van der Waals surface area (Å²) in [7, 11) is -3.88. The van der Waals surface area contributed by atoms with Crippen LogP contribution in [0.4, 0.5) is 14.5 Å². The Kier molecular flexibility index (Phi) is 7.17. The summed E-state index contributed by atoms with van der Waals surface area (Å²) in [6.45, 7) is 2.16. The smallest absolute Gasteiger partial charge is 0.241 e. The Morgan fingerprint density at radius 3 is 2.39 bits per heavy atom. The Balaban J connectivity index is 1.29. The number of nitrogens with one attached hydrogen (secondary N) is 1. The van der Waals surface area contributed by atoms with Gasteiger partial charge in [0.25, 0.3) is 0 Å². The second-order valence-corrected chi connectivity index (χ2v) is 12.5. The largest absolute Gasteiger partial charge is 0.306 e. The van der Waals surface area contributed by atoms with Gasteiger partial charge in [0.05, 0.1) is 17.1 Å². The molecule has 6 nitrogen and oxygen atoms in total. The van der Waals surface area contributed by atoms with Crippen molar-refractivity contribution in [2.24, 2.45) is 5.92 Å². The van der Waals surface area contributed by atoms with Gasteiger partial charge in [0.15, 0.2) is 0 Å². The number of rotatable bonds is 8. The van der Waals surface area contributed by atoms with Crippen LogP contribution in [0, 0.1) is 24.5 Å².